The highest BCUT2D eigenvalue weighted by Gasteiger charge is 2.12. The molecule has 0 saturated carbocycles. The average molecular weight is 256 g/mol. The van der Waals surface area contributed by atoms with Crippen molar-refractivity contribution in [2.75, 3.05) is 13.7 Å². The molecule has 0 aliphatic heterocycles. The van der Waals surface area contributed by atoms with Gasteiger partial charge in [0.05, 0.1) is 12.3 Å². The van der Waals surface area contributed by atoms with Crippen molar-refractivity contribution in [2.24, 2.45) is 5.92 Å². The van der Waals surface area contributed by atoms with Crippen LogP contribution in [0, 0.1) is 5.92 Å². The molecule has 17 heavy (non-hydrogen) atoms. The Morgan fingerprint density at radius 1 is 1.41 bits per heavy atom. The molecule has 4 heteroatoms. The summed E-state index contributed by atoms with van der Waals surface area (Å²) in [6.45, 7) is 9.29. The summed E-state index contributed by atoms with van der Waals surface area (Å²) in [5, 5.41) is 4.54. The monoisotopic (exact) mass is 256 g/mol. The maximum Gasteiger partial charge on any atom is 0.119 e. The fourth-order valence-electron chi connectivity index (χ4n) is 1.69. The molecular formula is C13H24N2OS. The minimum Gasteiger partial charge on any atom is -0.378 e. The van der Waals surface area contributed by atoms with Gasteiger partial charge in [0.25, 0.3) is 0 Å². The topological polar surface area (TPSA) is 34.1 Å². The Morgan fingerprint density at radius 3 is 2.76 bits per heavy atom. The van der Waals surface area contributed by atoms with Gasteiger partial charge in [0, 0.05) is 18.5 Å². The lowest BCUT2D eigenvalue weighted by Gasteiger charge is -2.05. The zero-order chi connectivity index (χ0) is 12.7. The number of rotatable bonds is 8. The number of ether oxygens (including phenoxy) is 1. The summed E-state index contributed by atoms with van der Waals surface area (Å²) in [4.78, 5) is 6.05. The molecule has 0 atom stereocenters. The molecule has 1 heterocycles. The Hall–Kier alpha value is -0.450. The minimum absolute atomic E-state index is 0.629. The van der Waals surface area contributed by atoms with Crippen LogP contribution < -0.4 is 5.32 Å². The van der Waals surface area contributed by atoms with Gasteiger partial charge < -0.3 is 10.1 Å². The SMILES string of the molecule is CCCNCc1sc(COC)nc1CC(C)C. The number of thiazole rings is 1. The van der Waals surface area contributed by atoms with E-state index in [1.54, 1.807) is 18.4 Å². The molecule has 0 aromatic carbocycles. The van der Waals surface area contributed by atoms with Gasteiger partial charge in [-0.3, -0.25) is 0 Å². The van der Waals surface area contributed by atoms with Crippen LogP contribution in [0.15, 0.2) is 0 Å². The molecule has 0 radical (unpaired) electrons. The number of methoxy groups -OCH3 is 1. The lowest BCUT2D eigenvalue weighted by molar-refractivity contribution is 0.184. The number of nitrogens with one attached hydrogen (secondary N) is 1. The molecule has 0 spiro atoms. The van der Waals surface area contributed by atoms with E-state index in [4.69, 9.17) is 4.74 Å². The summed E-state index contributed by atoms with van der Waals surface area (Å²) >= 11 is 1.78. The first kappa shape index (κ1) is 14.6. The number of hydrogen-bond acceptors (Lipinski definition) is 4. The third-order valence-corrected chi connectivity index (χ3v) is 3.48. The summed E-state index contributed by atoms with van der Waals surface area (Å²) < 4.78 is 5.15. The van der Waals surface area contributed by atoms with Crippen molar-refractivity contribution in [3.8, 4) is 0 Å². The summed E-state index contributed by atoms with van der Waals surface area (Å²) in [7, 11) is 1.72. The lowest BCUT2D eigenvalue weighted by atomic mass is 10.1. The molecule has 1 N–H and O–H groups in total. The maximum atomic E-state index is 5.15. The van der Waals surface area contributed by atoms with Crippen LogP contribution in [-0.4, -0.2) is 18.6 Å². The Bertz CT molecular complexity index is 323. The highest BCUT2D eigenvalue weighted by molar-refractivity contribution is 7.11. The van der Waals surface area contributed by atoms with E-state index in [2.05, 4.69) is 31.1 Å². The lowest BCUT2D eigenvalue weighted by Crippen LogP contribution is -2.14. The van der Waals surface area contributed by atoms with E-state index in [9.17, 15) is 0 Å². The van der Waals surface area contributed by atoms with Crippen LogP contribution in [0.2, 0.25) is 0 Å². The van der Waals surface area contributed by atoms with Crippen molar-refractivity contribution in [3.05, 3.63) is 15.6 Å². The fourth-order valence-corrected chi connectivity index (χ4v) is 2.72. The van der Waals surface area contributed by atoms with E-state index in [0.29, 0.717) is 12.5 Å². The number of aromatic nitrogens is 1. The standard InChI is InChI=1S/C13H24N2OS/c1-5-6-14-8-12-11(7-10(2)3)15-13(17-12)9-16-4/h10,14H,5-9H2,1-4H3. The minimum atomic E-state index is 0.629. The zero-order valence-electron chi connectivity index (χ0n) is 11.4. The summed E-state index contributed by atoms with van der Waals surface area (Å²) in [6.07, 6.45) is 2.23. The Morgan fingerprint density at radius 2 is 2.18 bits per heavy atom. The van der Waals surface area contributed by atoms with Crippen molar-refractivity contribution in [2.45, 2.75) is 46.8 Å². The van der Waals surface area contributed by atoms with Gasteiger partial charge in [0.15, 0.2) is 0 Å². The van der Waals surface area contributed by atoms with Gasteiger partial charge in [0.2, 0.25) is 0 Å². The molecule has 1 aromatic rings. The highest BCUT2D eigenvalue weighted by atomic mass is 32.1. The molecular weight excluding hydrogens is 232 g/mol. The van der Waals surface area contributed by atoms with Gasteiger partial charge >= 0.3 is 0 Å². The molecule has 0 amide bonds. The van der Waals surface area contributed by atoms with Crippen LogP contribution in [-0.2, 0) is 24.3 Å². The molecule has 3 nitrogen and oxygen atoms in total. The van der Waals surface area contributed by atoms with Crippen LogP contribution in [0.3, 0.4) is 0 Å². The predicted octanol–water partition coefficient (Wildman–Crippen LogP) is 2.99. The smallest absolute Gasteiger partial charge is 0.119 e. The Kier molecular flexibility index (Phi) is 6.70. The van der Waals surface area contributed by atoms with Crippen LogP contribution >= 0.6 is 11.3 Å². The Balaban J connectivity index is 2.68. The highest BCUT2D eigenvalue weighted by Crippen LogP contribution is 2.21. The van der Waals surface area contributed by atoms with Crippen molar-refractivity contribution in [1.29, 1.82) is 0 Å². The Labute approximate surface area is 109 Å². The third kappa shape index (κ3) is 5.15. The van der Waals surface area contributed by atoms with Gasteiger partial charge in [-0.2, -0.15) is 0 Å². The summed E-state index contributed by atoms with van der Waals surface area (Å²) in [6, 6.07) is 0. The summed E-state index contributed by atoms with van der Waals surface area (Å²) in [5.41, 5.74) is 1.25. The van der Waals surface area contributed by atoms with Crippen molar-refractivity contribution in [1.82, 2.24) is 10.3 Å². The van der Waals surface area contributed by atoms with Crippen molar-refractivity contribution >= 4 is 11.3 Å². The first-order valence-corrected chi connectivity index (χ1v) is 7.16. The first-order chi connectivity index (χ1) is 8.17. The number of nitrogens with zero attached hydrogens (tertiary/aromatic N) is 1. The average Bonchev–Trinajstić information content (AvgIpc) is 2.61. The van der Waals surface area contributed by atoms with Crippen LogP contribution in [0.1, 0.15) is 42.8 Å². The normalized spacial score (nSPS) is 11.4. The van der Waals surface area contributed by atoms with Crippen LogP contribution in [0.4, 0.5) is 0 Å². The van der Waals surface area contributed by atoms with E-state index < -0.39 is 0 Å². The molecule has 1 rings (SSSR count). The largest absolute Gasteiger partial charge is 0.378 e. The fraction of sp³-hybridized carbons (Fsp3) is 0.769. The van der Waals surface area contributed by atoms with E-state index >= 15 is 0 Å². The van der Waals surface area contributed by atoms with Gasteiger partial charge in [-0.15, -0.1) is 11.3 Å². The number of hydrogen-bond donors (Lipinski definition) is 1. The summed E-state index contributed by atoms with van der Waals surface area (Å²) in [5.74, 6) is 0.650. The second-order valence-corrected chi connectivity index (χ2v) is 5.85. The van der Waals surface area contributed by atoms with Gasteiger partial charge in [0.1, 0.15) is 5.01 Å². The van der Waals surface area contributed by atoms with Crippen LogP contribution in [0.5, 0.6) is 0 Å². The third-order valence-electron chi connectivity index (χ3n) is 2.40. The second kappa shape index (κ2) is 7.80. The predicted molar refractivity (Wildman–Crippen MR) is 73.4 cm³/mol. The van der Waals surface area contributed by atoms with Crippen molar-refractivity contribution < 1.29 is 4.74 Å². The second-order valence-electron chi connectivity index (χ2n) is 4.69. The quantitative estimate of drug-likeness (QED) is 0.726. The van der Waals surface area contributed by atoms with Gasteiger partial charge in [-0.05, 0) is 25.3 Å². The molecule has 98 valence electrons. The molecule has 0 aliphatic carbocycles. The van der Waals surface area contributed by atoms with Crippen molar-refractivity contribution in [3.63, 3.8) is 0 Å². The molecule has 0 unspecified atom stereocenters. The van der Waals surface area contributed by atoms with Gasteiger partial charge in [-0.25, -0.2) is 4.98 Å². The zero-order valence-corrected chi connectivity index (χ0v) is 12.2. The maximum absolute atomic E-state index is 5.15. The molecule has 0 saturated heterocycles. The van der Waals surface area contributed by atoms with E-state index in [0.717, 1.165) is 24.5 Å². The first-order valence-electron chi connectivity index (χ1n) is 6.34. The van der Waals surface area contributed by atoms with E-state index in [1.807, 2.05) is 0 Å². The van der Waals surface area contributed by atoms with Gasteiger partial charge in [-0.1, -0.05) is 20.8 Å². The molecule has 0 aliphatic rings. The molecule has 0 fully saturated rings. The van der Waals surface area contributed by atoms with E-state index in [-0.39, 0.29) is 0 Å². The molecule has 0 bridgehead atoms. The molecule has 1 aromatic heterocycles. The van der Waals surface area contributed by atoms with E-state index in [1.165, 1.54) is 17.0 Å². The van der Waals surface area contributed by atoms with Crippen LogP contribution in [0.25, 0.3) is 0 Å².